The predicted molar refractivity (Wildman–Crippen MR) is 98.6 cm³/mol. The molecule has 6 nitrogen and oxygen atoms in total. The van der Waals surface area contributed by atoms with Crippen molar-refractivity contribution in [1.82, 2.24) is 15.2 Å². The Labute approximate surface area is 150 Å². The predicted octanol–water partition coefficient (Wildman–Crippen LogP) is 3.40. The van der Waals surface area contributed by atoms with Crippen LogP contribution < -0.4 is 10.6 Å². The Bertz CT molecular complexity index is 791. The molecule has 3 rings (SSSR count). The van der Waals surface area contributed by atoms with Gasteiger partial charge in [0.1, 0.15) is 0 Å². The molecule has 0 bridgehead atoms. The smallest absolute Gasteiger partial charge is 0.257 e. The van der Waals surface area contributed by atoms with Crippen LogP contribution >= 0.6 is 33.9 Å². The van der Waals surface area contributed by atoms with Gasteiger partial charge in [0.05, 0.1) is 0 Å². The van der Waals surface area contributed by atoms with Crippen LogP contribution in [0.1, 0.15) is 15.9 Å². The van der Waals surface area contributed by atoms with Crippen molar-refractivity contribution in [3.8, 4) is 0 Å². The summed E-state index contributed by atoms with van der Waals surface area (Å²) < 4.78 is 1.08. The fraction of sp³-hybridized carbons (Fsp3) is 0.0667. The van der Waals surface area contributed by atoms with E-state index in [9.17, 15) is 4.79 Å². The summed E-state index contributed by atoms with van der Waals surface area (Å²) in [6.45, 7) is 0.627. The van der Waals surface area contributed by atoms with Crippen LogP contribution in [0.25, 0.3) is 0 Å². The van der Waals surface area contributed by atoms with Gasteiger partial charge in [-0.2, -0.15) is 0 Å². The Balaban J connectivity index is 1.58. The molecule has 1 amide bonds. The van der Waals surface area contributed by atoms with Crippen molar-refractivity contribution in [3.63, 3.8) is 0 Å². The summed E-state index contributed by atoms with van der Waals surface area (Å²) in [4.78, 5) is 16.1. The zero-order chi connectivity index (χ0) is 16.1. The Morgan fingerprint density at radius 1 is 1.04 bits per heavy atom. The second-order valence-electron chi connectivity index (χ2n) is 4.58. The largest absolute Gasteiger partial charge is 0.356 e. The molecule has 0 saturated carbocycles. The molecule has 0 aliphatic rings. The molecule has 2 N–H and O–H groups in total. The van der Waals surface area contributed by atoms with Crippen LogP contribution in [-0.4, -0.2) is 21.1 Å². The van der Waals surface area contributed by atoms with E-state index in [1.165, 1.54) is 11.3 Å². The molecule has 2 heterocycles. The number of nitrogens with zero attached hydrogens (tertiary/aromatic N) is 3. The lowest BCUT2D eigenvalue weighted by atomic mass is 10.2. The minimum atomic E-state index is -0.196. The highest BCUT2D eigenvalue weighted by molar-refractivity contribution is 14.1. The summed E-state index contributed by atoms with van der Waals surface area (Å²) in [5, 5.41) is 15.0. The third-order valence-electron chi connectivity index (χ3n) is 2.94. The van der Waals surface area contributed by atoms with E-state index < -0.39 is 0 Å². The number of hydrogen-bond acceptors (Lipinski definition) is 6. The fourth-order valence-electron chi connectivity index (χ4n) is 1.79. The molecular weight excluding hydrogens is 425 g/mol. The van der Waals surface area contributed by atoms with Gasteiger partial charge in [0.25, 0.3) is 5.91 Å². The lowest BCUT2D eigenvalue weighted by Gasteiger charge is -2.01. The van der Waals surface area contributed by atoms with E-state index in [2.05, 4.69) is 48.4 Å². The molecule has 116 valence electrons. The van der Waals surface area contributed by atoms with Gasteiger partial charge in [0, 0.05) is 28.1 Å². The maximum Gasteiger partial charge on any atom is 0.257 e. The minimum Gasteiger partial charge on any atom is -0.356 e. The van der Waals surface area contributed by atoms with Gasteiger partial charge in [-0.1, -0.05) is 11.3 Å². The molecule has 0 spiro atoms. The minimum absolute atomic E-state index is 0.196. The van der Waals surface area contributed by atoms with Crippen molar-refractivity contribution in [2.75, 3.05) is 10.6 Å². The summed E-state index contributed by atoms with van der Waals surface area (Å²) in [6.07, 6.45) is 3.48. The maximum atomic E-state index is 12.1. The van der Waals surface area contributed by atoms with E-state index in [1.54, 1.807) is 24.5 Å². The number of carbonyl (C=O) groups is 1. The first kappa shape index (κ1) is 15.8. The summed E-state index contributed by atoms with van der Waals surface area (Å²) >= 11 is 3.49. The second kappa shape index (κ2) is 7.47. The highest BCUT2D eigenvalue weighted by Gasteiger charge is 2.10. The lowest BCUT2D eigenvalue weighted by molar-refractivity contribution is 0.102. The first-order chi connectivity index (χ1) is 11.2. The van der Waals surface area contributed by atoms with E-state index in [1.807, 2.05) is 24.3 Å². The van der Waals surface area contributed by atoms with Crippen LogP contribution in [0.2, 0.25) is 0 Å². The summed E-state index contributed by atoms with van der Waals surface area (Å²) in [5.74, 6) is -0.196. The fourth-order valence-corrected chi connectivity index (χ4v) is 2.79. The number of aromatic nitrogens is 3. The van der Waals surface area contributed by atoms with Gasteiger partial charge in [-0.15, -0.1) is 10.2 Å². The molecule has 1 aromatic carbocycles. The molecule has 0 aliphatic carbocycles. The van der Waals surface area contributed by atoms with Crippen molar-refractivity contribution in [1.29, 1.82) is 0 Å². The number of pyridine rings is 1. The number of halogens is 1. The summed E-state index contributed by atoms with van der Waals surface area (Å²) in [7, 11) is 0. The molecule has 23 heavy (non-hydrogen) atoms. The van der Waals surface area contributed by atoms with Gasteiger partial charge in [-0.25, -0.2) is 0 Å². The summed E-state index contributed by atoms with van der Waals surface area (Å²) in [5.41, 5.74) is 1.69. The molecule has 0 saturated heterocycles. The van der Waals surface area contributed by atoms with E-state index in [0.717, 1.165) is 9.13 Å². The Morgan fingerprint density at radius 2 is 1.74 bits per heavy atom. The average molecular weight is 437 g/mol. The summed E-state index contributed by atoms with van der Waals surface area (Å²) in [6, 6.07) is 11.2. The number of rotatable bonds is 5. The highest BCUT2D eigenvalue weighted by Crippen LogP contribution is 2.21. The first-order valence-electron chi connectivity index (χ1n) is 6.74. The van der Waals surface area contributed by atoms with Crippen molar-refractivity contribution in [2.24, 2.45) is 0 Å². The van der Waals surface area contributed by atoms with Crippen molar-refractivity contribution >= 4 is 50.1 Å². The van der Waals surface area contributed by atoms with Crippen LogP contribution in [-0.2, 0) is 6.54 Å². The van der Waals surface area contributed by atoms with E-state index in [-0.39, 0.29) is 5.91 Å². The molecule has 8 heteroatoms. The van der Waals surface area contributed by atoms with Crippen LogP contribution in [0.5, 0.6) is 0 Å². The quantitative estimate of drug-likeness (QED) is 0.599. The average Bonchev–Trinajstić information content (AvgIpc) is 3.02. The Morgan fingerprint density at radius 3 is 2.48 bits per heavy atom. The number of nitrogens with one attached hydrogen (secondary N) is 2. The molecule has 2 aromatic heterocycles. The van der Waals surface area contributed by atoms with E-state index >= 15 is 0 Å². The van der Waals surface area contributed by atoms with Gasteiger partial charge in [0.15, 0.2) is 0 Å². The van der Waals surface area contributed by atoms with Gasteiger partial charge in [-0.3, -0.25) is 15.1 Å². The third kappa shape index (κ3) is 4.45. The number of carbonyl (C=O) groups excluding carboxylic acids is 1. The van der Waals surface area contributed by atoms with Gasteiger partial charge in [-0.05, 0) is 64.6 Å². The van der Waals surface area contributed by atoms with Gasteiger partial charge >= 0.3 is 0 Å². The maximum absolute atomic E-state index is 12.1. The molecule has 0 unspecified atom stereocenters. The van der Waals surface area contributed by atoms with E-state index in [4.69, 9.17) is 0 Å². The van der Waals surface area contributed by atoms with Crippen molar-refractivity contribution in [2.45, 2.75) is 6.54 Å². The SMILES string of the molecule is O=C(Nc1nnc(NCc2ccncc2)s1)c1ccc(I)cc1. The first-order valence-corrected chi connectivity index (χ1v) is 8.63. The number of anilines is 2. The van der Waals surface area contributed by atoms with Crippen molar-refractivity contribution in [3.05, 3.63) is 63.5 Å². The Hall–Kier alpha value is -2.07. The Kier molecular flexibility index (Phi) is 5.13. The van der Waals surface area contributed by atoms with Crippen molar-refractivity contribution < 1.29 is 4.79 Å². The molecular formula is C15H12IN5OS. The number of hydrogen-bond donors (Lipinski definition) is 2. The van der Waals surface area contributed by atoms with Crippen LogP contribution in [0, 0.1) is 3.57 Å². The number of amides is 1. The van der Waals surface area contributed by atoms with Crippen LogP contribution in [0.3, 0.4) is 0 Å². The monoisotopic (exact) mass is 437 g/mol. The van der Waals surface area contributed by atoms with Gasteiger partial charge < -0.3 is 5.32 Å². The van der Waals surface area contributed by atoms with E-state index in [0.29, 0.717) is 22.4 Å². The molecule has 0 radical (unpaired) electrons. The zero-order valence-electron chi connectivity index (χ0n) is 11.9. The van der Waals surface area contributed by atoms with Crippen LogP contribution in [0.15, 0.2) is 48.8 Å². The molecule has 3 aromatic rings. The molecule has 0 atom stereocenters. The lowest BCUT2D eigenvalue weighted by Crippen LogP contribution is -2.11. The van der Waals surface area contributed by atoms with Crippen LogP contribution in [0.4, 0.5) is 10.3 Å². The number of benzene rings is 1. The normalized spacial score (nSPS) is 10.3. The van der Waals surface area contributed by atoms with Gasteiger partial charge in [0.2, 0.25) is 10.3 Å². The highest BCUT2D eigenvalue weighted by atomic mass is 127. The topological polar surface area (TPSA) is 79.8 Å². The molecule has 0 aliphatic heterocycles. The molecule has 0 fully saturated rings. The second-order valence-corrected chi connectivity index (χ2v) is 6.81. The standard InChI is InChI=1S/C15H12IN5OS/c16-12-3-1-11(2-4-12)13(22)19-15-21-20-14(23-15)18-9-10-5-7-17-8-6-10/h1-8H,9H2,(H,18,20)(H,19,21,22). The third-order valence-corrected chi connectivity index (χ3v) is 4.46. The zero-order valence-corrected chi connectivity index (χ0v) is 14.8.